The summed E-state index contributed by atoms with van der Waals surface area (Å²) in [5.41, 5.74) is 3.38. The molecule has 0 saturated carbocycles. The van der Waals surface area contributed by atoms with Gasteiger partial charge in [-0.15, -0.1) is 0 Å². The molecule has 1 aliphatic rings. The van der Waals surface area contributed by atoms with Gasteiger partial charge in [0, 0.05) is 45.0 Å². The number of benzene rings is 2. The van der Waals surface area contributed by atoms with Crippen LogP contribution in [0.5, 0.6) is 0 Å². The lowest BCUT2D eigenvalue weighted by atomic mass is 9.99. The van der Waals surface area contributed by atoms with E-state index in [2.05, 4.69) is 6.07 Å². The fourth-order valence-electron chi connectivity index (χ4n) is 3.04. The minimum Gasteiger partial charge on any atom is -0.377 e. The molecule has 3 rings (SSSR count). The van der Waals surface area contributed by atoms with E-state index in [4.69, 9.17) is 0 Å². The number of fused-ring (bicyclic) bond motifs is 1. The topological polar surface area (TPSA) is 66.7 Å². The second-order valence-electron chi connectivity index (χ2n) is 6.10. The summed E-state index contributed by atoms with van der Waals surface area (Å²) in [6.45, 7) is 1.15. The summed E-state index contributed by atoms with van der Waals surface area (Å²) in [4.78, 5) is 27.1. The molecule has 0 fully saturated rings. The quantitative estimate of drug-likeness (QED) is 0.643. The lowest BCUT2D eigenvalue weighted by molar-refractivity contribution is -0.384. The van der Waals surface area contributed by atoms with Crippen LogP contribution in [0.2, 0.25) is 0 Å². The van der Waals surface area contributed by atoms with E-state index in [1.54, 1.807) is 15.9 Å². The molecule has 2 aromatic rings. The Hall–Kier alpha value is -2.89. The molecule has 0 saturated heterocycles. The van der Waals surface area contributed by atoms with Crippen LogP contribution in [0.1, 0.15) is 21.5 Å². The summed E-state index contributed by atoms with van der Waals surface area (Å²) in [6.07, 6.45) is 0.800. The van der Waals surface area contributed by atoms with Crippen LogP contribution < -0.4 is 4.90 Å². The minimum atomic E-state index is -0.471. The van der Waals surface area contributed by atoms with Crippen LogP contribution in [0, 0.1) is 10.1 Å². The number of hydrogen-bond acceptors (Lipinski definition) is 4. The predicted molar refractivity (Wildman–Crippen MR) is 92.3 cm³/mol. The van der Waals surface area contributed by atoms with Gasteiger partial charge in [-0.2, -0.15) is 0 Å². The minimum absolute atomic E-state index is 0.0682. The van der Waals surface area contributed by atoms with Crippen LogP contribution in [0.15, 0.2) is 42.5 Å². The second-order valence-corrected chi connectivity index (χ2v) is 6.10. The van der Waals surface area contributed by atoms with Gasteiger partial charge in [-0.3, -0.25) is 14.9 Å². The number of nitro groups is 1. The van der Waals surface area contributed by atoms with Gasteiger partial charge in [0.15, 0.2) is 0 Å². The Morgan fingerprint density at radius 2 is 1.88 bits per heavy atom. The van der Waals surface area contributed by atoms with Gasteiger partial charge in [-0.25, -0.2) is 0 Å². The Balaban J connectivity index is 1.95. The Bertz CT molecular complexity index is 802. The summed E-state index contributed by atoms with van der Waals surface area (Å²) in [5.74, 6) is -0.170. The highest BCUT2D eigenvalue weighted by atomic mass is 16.6. The van der Waals surface area contributed by atoms with Gasteiger partial charge in [0.25, 0.3) is 11.6 Å². The van der Waals surface area contributed by atoms with Gasteiger partial charge in [-0.1, -0.05) is 24.3 Å². The van der Waals surface area contributed by atoms with Crippen molar-refractivity contribution in [2.24, 2.45) is 0 Å². The van der Waals surface area contributed by atoms with Crippen LogP contribution in [-0.4, -0.2) is 36.4 Å². The summed E-state index contributed by atoms with van der Waals surface area (Å²) in [7, 11) is 3.65. The first-order valence-corrected chi connectivity index (χ1v) is 7.79. The predicted octanol–water partition coefficient (Wildman–Crippen LogP) is 2.86. The number of non-ortho nitro benzene ring substituents is 1. The van der Waals surface area contributed by atoms with E-state index in [1.807, 2.05) is 32.3 Å². The molecule has 1 heterocycles. The number of carbonyl (C=O) groups is 1. The Morgan fingerprint density at radius 3 is 2.54 bits per heavy atom. The maximum absolute atomic E-state index is 13.0. The highest BCUT2D eigenvalue weighted by Crippen LogP contribution is 2.27. The average Bonchev–Trinajstić information content (AvgIpc) is 2.60. The van der Waals surface area contributed by atoms with Crippen molar-refractivity contribution in [1.29, 1.82) is 0 Å². The van der Waals surface area contributed by atoms with E-state index < -0.39 is 4.92 Å². The molecular formula is C18H19N3O3. The number of rotatable bonds is 3. The lowest BCUT2D eigenvalue weighted by Gasteiger charge is -2.30. The largest absolute Gasteiger partial charge is 0.377 e. The molecule has 0 bridgehead atoms. The third-order valence-electron chi connectivity index (χ3n) is 4.32. The van der Waals surface area contributed by atoms with E-state index in [1.165, 1.54) is 17.7 Å². The molecule has 6 heteroatoms. The van der Waals surface area contributed by atoms with Crippen LogP contribution in [0.3, 0.4) is 0 Å². The van der Waals surface area contributed by atoms with E-state index in [0.717, 1.165) is 12.0 Å². The van der Waals surface area contributed by atoms with Crippen LogP contribution in [-0.2, 0) is 13.0 Å². The first kappa shape index (κ1) is 16.0. The highest BCUT2D eigenvalue weighted by molar-refractivity contribution is 6.00. The zero-order chi connectivity index (χ0) is 17.3. The third-order valence-corrected chi connectivity index (χ3v) is 4.32. The van der Waals surface area contributed by atoms with Crippen LogP contribution in [0.4, 0.5) is 11.4 Å². The SMILES string of the molecule is CN(C)c1ccc([N+](=O)[O-])cc1C(=O)N1CCc2ccccc2C1. The number of hydrogen-bond donors (Lipinski definition) is 0. The lowest BCUT2D eigenvalue weighted by Crippen LogP contribution is -2.36. The fraction of sp³-hybridized carbons (Fsp3) is 0.278. The molecular weight excluding hydrogens is 306 g/mol. The van der Waals surface area contributed by atoms with Crippen molar-refractivity contribution in [3.05, 3.63) is 69.3 Å². The average molecular weight is 325 g/mol. The zero-order valence-electron chi connectivity index (χ0n) is 13.7. The smallest absolute Gasteiger partial charge is 0.270 e. The molecule has 0 radical (unpaired) electrons. The second kappa shape index (κ2) is 6.31. The van der Waals surface area contributed by atoms with E-state index in [0.29, 0.717) is 24.3 Å². The highest BCUT2D eigenvalue weighted by Gasteiger charge is 2.25. The zero-order valence-corrected chi connectivity index (χ0v) is 13.7. The molecule has 0 unspecified atom stereocenters. The van der Waals surface area contributed by atoms with Gasteiger partial charge >= 0.3 is 0 Å². The molecule has 24 heavy (non-hydrogen) atoms. The summed E-state index contributed by atoms with van der Waals surface area (Å²) >= 11 is 0. The van der Waals surface area contributed by atoms with Gasteiger partial charge in [0.05, 0.1) is 10.5 Å². The number of anilines is 1. The van der Waals surface area contributed by atoms with Crippen molar-refractivity contribution >= 4 is 17.3 Å². The monoisotopic (exact) mass is 325 g/mol. The summed E-state index contributed by atoms with van der Waals surface area (Å²) in [6, 6.07) is 12.5. The summed E-state index contributed by atoms with van der Waals surface area (Å²) < 4.78 is 0. The van der Waals surface area contributed by atoms with Crippen molar-refractivity contribution in [2.45, 2.75) is 13.0 Å². The first-order chi connectivity index (χ1) is 11.5. The maximum Gasteiger partial charge on any atom is 0.270 e. The number of nitro benzene ring substituents is 1. The molecule has 0 aromatic heterocycles. The number of carbonyl (C=O) groups excluding carboxylic acids is 1. The van der Waals surface area contributed by atoms with E-state index >= 15 is 0 Å². The van der Waals surface area contributed by atoms with Crippen molar-refractivity contribution in [2.75, 3.05) is 25.5 Å². The van der Waals surface area contributed by atoms with Crippen LogP contribution >= 0.6 is 0 Å². The van der Waals surface area contributed by atoms with E-state index in [-0.39, 0.29) is 11.6 Å². The van der Waals surface area contributed by atoms with Crippen molar-refractivity contribution in [3.63, 3.8) is 0 Å². The molecule has 0 aliphatic carbocycles. The number of amides is 1. The molecule has 0 atom stereocenters. The maximum atomic E-state index is 13.0. The van der Waals surface area contributed by atoms with Gasteiger partial charge in [0.1, 0.15) is 0 Å². The number of nitrogens with zero attached hydrogens (tertiary/aromatic N) is 3. The molecule has 1 aliphatic heterocycles. The standard InChI is InChI=1S/C18H19N3O3/c1-19(2)17-8-7-15(21(23)24)11-16(17)18(22)20-10-9-13-5-3-4-6-14(13)12-20/h3-8,11H,9-10,12H2,1-2H3. The van der Waals surface area contributed by atoms with Crippen LogP contribution in [0.25, 0.3) is 0 Å². The molecule has 0 N–H and O–H groups in total. The molecule has 1 amide bonds. The molecule has 124 valence electrons. The van der Waals surface area contributed by atoms with Gasteiger partial charge < -0.3 is 9.80 Å². The molecule has 6 nitrogen and oxygen atoms in total. The Kier molecular flexibility index (Phi) is 4.20. The first-order valence-electron chi connectivity index (χ1n) is 7.79. The Labute approximate surface area is 140 Å². The van der Waals surface area contributed by atoms with Crippen molar-refractivity contribution < 1.29 is 9.72 Å². The Morgan fingerprint density at radius 1 is 1.17 bits per heavy atom. The van der Waals surface area contributed by atoms with Crippen molar-refractivity contribution in [3.8, 4) is 0 Å². The summed E-state index contributed by atoms with van der Waals surface area (Å²) in [5, 5.41) is 11.1. The third kappa shape index (κ3) is 2.95. The van der Waals surface area contributed by atoms with E-state index in [9.17, 15) is 14.9 Å². The fourth-order valence-corrected chi connectivity index (χ4v) is 3.04. The van der Waals surface area contributed by atoms with Gasteiger partial charge in [0.2, 0.25) is 0 Å². The van der Waals surface area contributed by atoms with Gasteiger partial charge in [-0.05, 0) is 23.6 Å². The van der Waals surface area contributed by atoms with Crippen molar-refractivity contribution in [1.82, 2.24) is 4.90 Å². The molecule has 2 aromatic carbocycles. The molecule has 0 spiro atoms. The normalized spacial score (nSPS) is 13.3.